The van der Waals surface area contributed by atoms with Crippen LogP contribution in [0.15, 0.2) is 54.7 Å². The molecule has 2 aromatic carbocycles. The third-order valence-electron chi connectivity index (χ3n) is 3.48. The SMILES string of the molecule is Cc1ccccc1Nc1nccc(C(=O)Nc2c(F)cccc2F)n1. The summed E-state index contributed by atoms with van der Waals surface area (Å²) in [5.74, 6) is -2.25. The van der Waals surface area contributed by atoms with Gasteiger partial charge in [0.2, 0.25) is 5.95 Å². The van der Waals surface area contributed by atoms with Crippen molar-refractivity contribution in [3.63, 3.8) is 0 Å². The van der Waals surface area contributed by atoms with E-state index in [0.717, 1.165) is 23.4 Å². The Morgan fingerprint density at radius 1 is 1.00 bits per heavy atom. The lowest BCUT2D eigenvalue weighted by Gasteiger charge is -2.10. The summed E-state index contributed by atoms with van der Waals surface area (Å²) in [6.07, 6.45) is 1.39. The number of para-hydroxylation sites is 2. The molecule has 1 amide bonds. The van der Waals surface area contributed by atoms with Gasteiger partial charge in [0.25, 0.3) is 5.91 Å². The molecule has 0 saturated carbocycles. The molecular formula is C18H14F2N4O. The van der Waals surface area contributed by atoms with Crippen LogP contribution in [-0.4, -0.2) is 15.9 Å². The topological polar surface area (TPSA) is 66.9 Å². The van der Waals surface area contributed by atoms with Crippen molar-refractivity contribution in [3.8, 4) is 0 Å². The Kier molecular flexibility index (Phi) is 4.65. The Morgan fingerprint density at radius 3 is 2.44 bits per heavy atom. The van der Waals surface area contributed by atoms with Gasteiger partial charge >= 0.3 is 0 Å². The average molecular weight is 340 g/mol. The summed E-state index contributed by atoms with van der Waals surface area (Å²) in [7, 11) is 0. The van der Waals surface area contributed by atoms with Gasteiger partial charge in [-0.1, -0.05) is 24.3 Å². The lowest BCUT2D eigenvalue weighted by molar-refractivity contribution is 0.102. The number of anilines is 3. The first-order chi connectivity index (χ1) is 12.0. The number of nitrogens with one attached hydrogen (secondary N) is 2. The molecule has 126 valence electrons. The lowest BCUT2D eigenvalue weighted by atomic mass is 10.2. The fourth-order valence-electron chi connectivity index (χ4n) is 2.17. The predicted molar refractivity (Wildman–Crippen MR) is 90.8 cm³/mol. The van der Waals surface area contributed by atoms with E-state index >= 15 is 0 Å². The van der Waals surface area contributed by atoms with E-state index in [9.17, 15) is 13.6 Å². The zero-order chi connectivity index (χ0) is 17.8. The fraction of sp³-hybridized carbons (Fsp3) is 0.0556. The normalized spacial score (nSPS) is 10.4. The largest absolute Gasteiger partial charge is 0.324 e. The predicted octanol–water partition coefficient (Wildman–Crippen LogP) is 4.06. The minimum absolute atomic E-state index is 0.0197. The summed E-state index contributed by atoms with van der Waals surface area (Å²) in [5, 5.41) is 5.19. The molecule has 2 N–H and O–H groups in total. The second-order valence-electron chi connectivity index (χ2n) is 5.26. The van der Waals surface area contributed by atoms with Crippen molar-refractivity contribution in [2.75, 3.05) is 10.6 Å². The van der Waals surface area contributed by atoms with E-state index in [0.29, 0.717) is 0 Å². The molecule has 0 radical (unpaired) electrons. The van der Waals surface area contributed by atoms with Gasteiger partial charge in [0.1, 0.15) is 23.0 Å². The third-order valence-corrected chi connectivity index (χ3v) is 3.48. The van der Waals surface area contributed by atoms with Gasteiger partial charge in [-0.05, 0) is 36.8 Å². The number of halogens is 2. The van der Waals surface area contributed by atoms with Gasteiger partial charge in [-0.3, -0.25) is 4.79 Å². The molecule has 0 aliphatic heterocycles. The van der Waals surface area contributed by atoms with Crippen LogP contribution >= 0.6 is 0 Å². The van der Waals surface area contributed by atoms with Crippen LogP contribution in [0.5, 0.6) is 0 Å². The van der Waals surface area contributed by atoms with E-state index in [-0.39, 0.29) is 11.6 Å². The summed E-state index contributed by atoms with van der Waals surface area (Å²) >= 11 is 0. The van der Waals surface area contributed by atoms with Crippen LogP contribution in [0.25, 0.3) is 0 Å². The molecule has 25 heavy (non-hydrogen) atoms. The maximum Gasteiger partial charge on any atom is 0.274 e. The van der Waals surface area contributed by atoms with E-state index in [2.05, 4.69) is 20.6 Å². The van der Waals surface area contributed by atoms with Crippen molar-refractivity contribution in [2.24, 2.45) is 0 Å². The molecule has 1 heterocycles. The molecule has 7 heteroatoms. The monoisotopic (exact) mass is 340 g/mol. The zero-order valence-electron chi connectivity index (χ0n) is 13.3. The molecule has 0 aliphatic rings. The van der Waals surface area contributed by atoms with E-state index in [1.807, 2.05) is 31.2 Å². The Bertz CT molecular complexity index is 910. The number of benzene rings is 2. The van der Waals surface area contributed by atoms with Crippen LogP contribution in [0.4, 0.5) is 26.1 Å². The molecule has 3 rings (SSSR count). The number of carbonyl (C=O) groups excluding carboxylic acids is 1. The van der Waals surface area contributed by atoms with Gasteiger partial charge in [0.15, 0.2) is 0 Å². The van der Waals surface area contributed by atoms with Crippen molar-refractivity contribution in [1.82, 2.24) is 9.97 Å². The minimum Gasteiger partial charge on any atom is -0.324 e. The zero-order valence-corrected chi connectivity index (χ0v) is 13.3. The van der Waals surface area contributed by atoms with Gasteiger partial charge in [-0.25, -0.2) is 18.7 Å². The highest BCUT2D eigenvalue weighted by Crippen LogP contribution is 2.20. The molecule has 0 saturated heterocycles. The van der Waals surface area contributed by atoms with Gasteiger partial charge in [0, 0.05) is 11.9 Å². The van der Waals surface area contributed by atoms with Gasteiger partial charge in [-0.2, -0.15) is 0 Å². The summed E-state index contributed by atoms with van der Waals surface area (Å²) in [4.78, 5) is 20.4. The average Bonchev–Trinajstić information content (AvgIpc) is 2.60. The second kappa shape index (κ2) is 7.04. The maximum absolute atomic E-state index is 13.6. The van der Waals surface area contributed by atoms with E-state index in [1.54, 1.807) is 0 Å². The Labute approximate surface area is 142 Å². The van der Waals surface area contributed by atoms with Crippen LogP contribution in [-0.2, 0) is 0 Å². The highest BCUT2D eigenvalue weighted by Gasteiger charge is 2.15. The number of nitrogens with zero attached hydrogens (tertiary/aromatic N) is 2. The first-order valence-corrected chi connectivity index (χ1v) is 7.45. The highest BCUT2D eigenvalue weighted by atomic mass is 19.1. The molecule has 0 atom stereocenters. The van der Waals surface area contributed by atoms with Crippen LogP contribution in [0.1, 0.15) is 16.1 Å². The molecule has 3 aromatic rings. The number of hydrogen-bond donors (Lipinski definition) is 2. The number of carbonyl (C=O) groups is 1. The number of amides is 1. The quantitative estimate of drug-likeness (QED) is 0.752. The summed E-state index contributed by atoms with van der Waals surface area (Å²) in [6, 6.07) is 12.2. The number of aryl methyl sites for hydroxylation is 1. The first-order valence-electron chi connectivity index (χ1n) is 7.45. The highest BCUT2D eigenvalue weighted by molar-refractivity contribution is 6.03. The van der Waals surface area contributed by atoms with Crippen molar-refractivity contribution in [1.29, 1.82) is 0 Å². The standard InChI is InChI=1S/C18H14F2N4O/c1-11-5-2-3-8-14(11)22-18-21-10-9-15(23-18)17(25)24-16-12(19)6-4-7-13(16)20/h2-10H,1H3,(H,24,25)(H,21,22,23). The lowest BCUT2D eigenvalue weighted by Crippen LogP contribution is -2.16. The summed E-state index contributed by atoms with van der Waals surface area (Å²) in [6.45, 7) is 1.92. The first kappa shape index (κ1) is 16.5. The van der Waals surface area contributed by atoms with Crippen LogP contribution in [0, 0.1) is 18.6 Å². The number of rotatable bonds is 4. The smallest absolute Gasteiger partial charge is 0.274 e. The number of hydrogen-bond acceptors (Lipinski definition) is 4. The van der Waals surface area contributed by atoms with Crippen LogP contribution in [0.2, 0.25) is 0 Å². The van der Waals surface area contributed by atoms with Gasteiger partial charge < -0.3 is 10.6 Å². The van der Waals surface area contributed by atoms with E-state index in [4.69, 9.17) is 0 Å². The Morgan fingerprint density at radius 2 is 1.72 bits per heavy atom. The van der Waals surface area contributed by atoms with Crippen molar-refractivity contribution >= 4 is 23.2 Å². The summed E-state index contributed by atoms with van der Waals surface area (Å²) in [5.41, 5.74) is 1.24. The molecule has 0 unspecified atom stereocenters. The van der Waals surface area contributed by atoms with E-state index < -0.39 is 23.2 Å². The van der Waals surface area contributed by atoms with E-state index in [1.165, 1.54) is 18.3 Å². The molecule has 1 aromatic heterocycles. The molecule has 0 bridgehead atoms. The van der Waals surface area contributed by atoms with Crippen LogP contribution in [0.3, 0.4) is 0 Å². The molecule has 5 nitrogen and oxygen atoms in total. The van der Waals surface area contributed by atoms with Crippen molar-refractivity contribution in [2.45, 2.75) is 6.92 Å². The van der Waals surface area contributed by atoms with Crippen molar-refractivity contribution in [3.05, 3.63) is 77.6 Å². The Hall–Kier alpha value is -3.35. The van der Waals surface area contributed by atoms with Gasteiger partial charge in [-0.15, -0.1) is 0 Å². The summed E-state index contributed by atoms with van der Waals surface area (Å²) < 4.78 is 27.3. The van der Waals surface area contributed by atoms with Gasteiger partial charge in [0.05, 0.1) is 0 Å². The second-order valence-corrected chi connectivity index (χ2v) is 5.26. The minimum atomic E-state index is -0.860. The molecule has 0 fully saturated rings. The molecular weight excluding hydrogens is 326 g/mol. The third kappa shape index (κ3) is 3.77. The fourth-order valence-corrected chi connectivity index (χ4v) is 2.17. The molecule has 0 spiro atoms. The maximum atomic E-state index is 13.6. The van der Waals surface area contributed by atoms with Crippen LogP contribution < -0.4 is 10.6 Å². The Balaban J connectivity index is 1.81. The molecule has 0 aliphatic carbocycles. The number of aromatic nitrogens is 2. The van der Waals surface area contributed by atoms with Crippen molar-refractivity contribution < 1.29 is 13.6 Å².